The van der Waals surface area contributed by atoms with Crippen LogP contribution >= 0.6 is 0 Å². The third kappa shape index (κ3) is 6.81. The zero-order chi connectivity index (χ0) is 12.4. The van der Waals surface area contributed by atoms with Gasteiger partial charge in [-0.3, -0.25) is 0 Å². The number of rotatable bonds is 10. The van der Waals surface area contributed by atoms with Gasteiger partial charge in [-0.15, -0.1) is 0 Å². The Morgan fingerprint density at radius 3 is 1.81 bits per heavy atom. The van der Waals surface area contributed by atoms with Gasteiger partial charge in [0.25, 0.3) is 0 Å². The normalized spacial score (nSPS) is 13.0. The second-order valence-corrected chi connectivity index (χ2v) is 4.49. The summed E-state index contributed by atoms with van der Waals surface area (Å²) in [6.45, 7) is 4.19. The van der Waals surface area contributed by atoms with Crippen molar-refractivity contribution in [1.82, 2.24) is 0 Å². The van der Waals surface area contributed by atoms with Gasteiger partial charge in [0.15, 0.2) is 6.17 Å². The first kappa shape index (κ1) is 15.4. The fourth-order valence-electron chi connectivity index (χ4n) is 1.95. The van der Waals surface area contributed by atoms with Crippen molar-refractivity contribution in [2.24, 2.45) is 5.92 Å². The van der Waals surface area contributed by atoms with Gasteiger partial charge in [-0.1, -0.05) is 52.4 Å². The number of carbonyl (C=O) groups is 1. The first-order valence-electron chi connectivity index (χ1n) is 6.50. The summed E-state index contributed by atoms with van der Waals surface area (Å²) in [5, 5.41) is 8.69. The predicted octanol–water partition coefficient (Wildman–Crippen LogP) is 4.19. The van der Waals surface area contributed by atoms with Crippen LogP contribution in [0.5, 0.6) is 0 Å². The minimum atomic E-state index is -1.67. The number of carboxylic acid groups (broad SMARTS) is 1. The summed E-state index contributed by atoms with van der Waals surface area (Å²) in [6.07, 6.45) is 5.96. The molecular formula is C13H25FO2. The number of carboxylic acids is 1. The molecule has 0 rings (SSSR count). The molecule has 2 nitrogen and oxygen atoms in total. The first-order chi connectivity index (χ1) is 7.63. The highest BCUT2D eigenvalue weighted by molar-refractivity contribution is 5.72. The van der Waals surface area contributed by atoms with Crippen molar-refractivity contribution in [1.29, 1.82) is 0 Å². The van der Waals surface area contributed by atoms with Gasteiger partial charge in [0, 0.05) is 5.92 Å². The molecule has 0 heterocycles. The molecule has 3 heteroatoms. The standard InChI is InChI=1S/C13H25FO2/c1-3-5-7-9-11(10-8-6-4-2)12(14)13(15)16/h11-12H,3-10H2,1-2H3,(H,15,16)/t12-/m1/s1. The molecule has 0 aliphatic carbocycles. The smallest absolute Gasteiger partial charge is 0.338 e. The van der Waals surface area contributed by atoms with Gasteiger partial charge in [0.1, 0.15) is 0 Å². The van der Waals surface area contributed by atoms with Crippen LogP contribution in [0, 0.1) is 5.92 Å². The number of aliphatic carboxylic acids is 1. The maximum Gasteiger partial charge on any atom is 0.338 e. The zero-order valence-corrected chi connectivity index (χ0v) is 10.5. The van der Waals surface area contributed by atoms with Crippen LogP contribution in [0.4, 0.5) is 4.39 Å². The van der Waals surface area contributed by atoms with Crippen molar-refractivity contribution >= 4 is 5.97 Å². The number of hydrogen-bond donors (Lipinski definition) is 1. The summed E-state index contributed by atoms with van der Waals surface area (Å²) >= 11 is 0. The Kier molecular flexibility index (Phi) is 9.25. The van der Waals surface area contributed by atoms with Crippen molar-refractivity contribution in [3.8, 4) is 0 Å². The monoisotopic (exact) mass is 232 g/mol. The van der Waals surface area contributed by atoms with Crippen LogP contribution in [-0.2, 0) is 4.79 Å². The first-order valence-corrected chi connectivity index (χ1v) is 6.50. The molecule has 0 saturated carbocycles. The molecule has 0 unspecified atom stereocenters. The quantitative estimate of drug-likeness (QED) is 0.573. The highest BCUT2D eigenvalue weighted by Crippen LogP contribution is 2.23. The molecule has 0 amide bonds. The Morgan fingerprint density at radius 2 is 1.50 bits per heavy atom. The van der Waals surface area contributed by atoms with Crippen LogP contribution < -0.4 is 0 Å². The molecule has 0 saturated heterocycles. The van der Waals surface area contributed by atoms with E-state index in [9.17, 15) is 9.18 Å². The molecule has 0 spiro atoms. The van der Waals surface area contributed by atoms with Gasteiger partial charge in [0.2, 0.25) is 0 Å². The van der Waals surface area contributed by atoms with E-state index in [1.165, 1.54) is 0 Å². The highest BCUT2D eigenvalue weighted by Gasteiger charge is 2.26. The second kappa shape index (κ2) is 9.61. The van der Waals surface area contributed by atoms with Crippen molar-refractivity contribution in [2.75, 3.05) is 0 Å². The zero-order valence-electron chi connectivity index (χ0n) is 10.5. The summed E-state index contributed by atoms with van der Waals surface area (Å²) in [7, 11) is 0. The van der Waals surface area contributed by atoms with Gasteiger partial charge in [-0.2, -0.15) is 0 Å². The van der Waals surface area contributed by atoms with E-state index in [4.69, 9.17) is 5.11 Å². The number of alkyl halides is 1. The van der Waals surface area contributed by atoms with Crippen molar-refractivity contribution in [2.45, 2.75) is 71.4 Å². The highest BCUT2D eigenvalue weighted by atomic mass is 19.1. The van der Waals surface area contributed by atoms with Gasteiger partial charge in [-0.25, -0.2) is 9.18 Å². The van der Waals surface area contributed by atoms with Gasteiger partial charge >= 0.3 is 5.97 Å². The maximum atomic E-state index is 13.4. The SMILES string of the molecule is CCCCCC(CCCCC)[C@@H](F)C(=O)O. The minimum absolute atomic E-state index is 0.282. The lowest BCUT2D eigenvalue weighted by atomic mass is 9.91. The van der Waals surface area contributed by atoms with Crippen LogP contribution in [0.1, 0.15) is 65.2 Å². The summed E-state index contributed by atoms with van der Waals surface area (Å²) in [5.74, 6) is -1.58. The molecule has 16 heavy (non-hydrogen) atoms. The van der Waals surface area contributed by atoms with Crippen LogP contribution in [-0.4, -0.2) is 17.2 Å². The van der Waals surface area contributed by atoms with E-state index < -0.39 is 12.1 Å². The number of halogens is 1. The molecule has 0 fully saturated rings. The topological polar surface area (TPSA) is 37.3 Å². The lowest BCUT2D eigenvalue weighted by Gasteiger charge is -2.17. The summed E-state index contributed by atoms with van der Waals surface area (Å²) in [6, 6.07) is 0. The Hall–Kier alpha value is -0.600. The van der Waals surface area contributed by atoms with Crippen LogP contribution in [0.25, 0.3) is 0 Å². The van der Waals surface area contributed by atoms with E-state index in [-0.39, 0.29) is 5.92 Å². The molecular weight excluding hydrogens is 207 g/mol. The van der Waals surface area contributed by atoms with E-state index in [2.05, 4.69) is 13.8 Å². The van der Waals surface area contributed by atoms with Crippen LogP contribution in [0.3, 0.4) is 0 Å². The Bertz CT molecular complexity index is 173. The second-order valence-electron chi connectivity index (χ2n) is 4.49. The average molecular weight is 232 g/mol. The van der Waals surface area contributed by atoms with E-state index in [1.807, 2.05) is 0 Å². The molecule has 96 valence electrons. The fraction of sp³-hybridized carbons (Fsp3) is 0.923. The molecule has 0 bridgehead atoms. The maximum absolute atomic E-state index is 13.4. The van der Waals surface area contributed by atoms with Gasteiger partial charge in [0.05, 0.1) is 0 Å². The molecule has 1 N–H and O–H groups in total. The summed E-state index contributed by atoms with van der Waals surface area (Å²) in [5.41, 5.74) is 0. The Morgan fingerprint density at radius 1 is 1.06 bits per heavy atom. The lowest BCUT2D eigenvalue weighted by Crippen LogP contribution is -2.25. The molecule has 0 aliphatic rings. The Balaban J connectivity index is 3.99. The van der Waals surface area contributed by atoms with E-state index in [0.717, 1.165) is 38.5 Å². The van der Waals surface area contributed by atoms with Crippen molar-refractivity contribution < 1.29 is 14.3 Å². The van der Waals surface area contributed by atoms with Crippen molar-refractivity contribution in [3.05, 3.63) is 0 Å². The molecule has 0 radical (unpaired) electrons. The summed E-state index contributed by atoms with van der Waals surface area (Å²) < 4.78 is 13.4. The number of hydrogen-bond acceptors (Lipinski definition) is 1. The lowest BCUT2D eigenvalue weighted by molar-refractivity contribution is -0.145. The molecule has 0 aromatic carbocycles. The molecule has 0 aromatic heterocycles. The summed E-state index contributed by atoms with van der Waals surface area (Å²) in [4.78, 5) is 10.6. The third-order valence-corrected chi connectivity index (χ3v) is 3.01. The van der Waals surface area contributed by atoms with Crippen LogP contribution in [0.2, 0.25) is 0 Å². The van der Waals surface area contributed by atoms with E-state index >= 15 is 0 Å². The van der Waals surface area contributed by atoms with E-state index in [1.54, 1.807) is 0 Å². The van der Waals surface area contributed by atoms with Crippen molar-refractivity contribution in [3.63, 3.8) is 0 Å². The predicted molar refractivity (Wildman–Crippen MR) is 64.3 cm³/mol. The van der Waals surface area contributed by atoms with Gasteiger partial charge < -0.3 is 5.11 Å². The third-order valence-electron chi connectivity index (χ3n) is 3.01. The van der Waals surface area contributed by atoms with Gasteiger partial charge in [-0.05, 0) is 12.8 Å². The molecule has 0 aliphatic heterocycles. The average Bonchev–Trinajstić information content (AvgIpc) is 2.26. The largest absolute Gasteiger partial charge is 0.479 e. The van der Waals surface area contributed by atoms with E-state index in [0.29, 0.717) is 12.8 Å². The molecule has 0 aromatic rings. The molecule has 1 atom stereocenters. The minimum Gasteiger partial charge on any atom is -0.479 e. The number of unbranched alkanes of at least 4 members (excludes halogenated alkanes) is 4. The van der Waals surface area contributed by atoms with Crippen LogP contribution in [0.15, 0.2) is 0 Å². The Labute approximate surface area is 98.2 Å². The fourth-order valence-corrected chi connectivity index (χ4v) is 1.95.